The summed E-state index contributed by atoms with van der Waals surface area (Å²) in [6.45, 7) is 2.09. The van der Waals surface area contributed by atoms with Crippen molar-refractivity contribution in [2.75, 3.05) is 31.6 Å². The number of carboxylic acids is 1. The third kappa shape index (κ3) is 4.56. The largest absolute Gasteiger partial charge is 0.481 e. The SMILES string of the molecule is CN(C(=O)CN1CCC(CCC(=O)O)C1)c1ccccc1. The zero-order chi connectivity index (χ0) is 15.2. The lowest BCUT2D eigenvalue weighted by molar-refractivity contribution is -0.137. The second-order valence-corrected chi connectivity index (χ2v) is 5.61. The number of anilines is 1. The molecule has 1 atom stereocenters. The van der Waals surface area contributed by atoms with Gasteiger partial charge in [-0.1, -0.05) is 18.2 Å². The molecule has 1 amide bonds. The normalized spacial score (nSPS) is 18.6. The van der Waals surface area contributed by atoms with Gasteiger partial charge in [0.25, 0.3) is 0 Å². The molecule has 0 bridgehead atoms. The first-order chi connectivity index (χ1) is 10.1. The van der Waals surface area contributed by atoms with Crippen LogP contribution in [0.4, 0.5) is 5.69 Å². The van der Waals surface area contributed by atoms with E-state index in [2.05, 4.69) is 4.90 Å². The maximum absolute atomic E-state index is 12.3. The third-order valence-corrected chi connectivity index (χ3v) is 4.01. The van der Waals surface area contributed by atoms with Crippen LogP contribution in [0.2, 0.25) is 0 Å². The van der Waals surface area contributed by atoms with Gasteiger partial charge in [0.05, 0.1) is 6.54 Å². The molecule has 21 heavy (non-hydrogen) atoms. The summed E-state index contributed by atoms with van der Waals surface area (Å²) < 4.78 is 0. The molecule has 1 aromatic carbocycles. The van der Waals surface area contributed by atoms with E-state index in [9.17, 15) is 9.59 Å². The van der Waals surface area contributed by atoms with Gasteiger partial charge in [-0.3, -0.25) is 14.5 Å². The molecule has 1 unspecified atom stereocenters. The molecule has 5 nitrogen and oxygen atoms in total. The number of rotatable bonds is 6. The predicted octanol–water partition coefficient (Wildman–Crippen LogP) is 1.84. The van der Waals surface area contributed by atoms with Crippen LogP contribution in [0, 0.1) is 5.92 Å². The number of para-hydroxylation sites is 1. The number of carbonyl (C=O) groups excluding carboxylic acids is 1. The van der Waals surface area contributed by atoms with Crippen molar-refractivity contribution < 1.29 is 14.7 Å². The summed E-state index contributed by atoms with van der Waals surface area (Å²) in [6.07, 6.45) is 1.90. The van der Waals surface area contributed by atoms with Crippen molar-refractivity contribution in [3.05, 3.63) is 30.3 Å². The number of carbonyl (C=O) groups is 2. The van der Waals surface area contributed by atoms with Crippen LogP contribution in [0.25, 0.3) is 0 Å². The highest BCUT2D eigenvalue weighted by molar-refractivity contribution is 5.94. The number of carboxylic acid groups (broad SMARTS) is 1. The Labute approximate surface area is 125 Å². The number of amides is 1. The standard InChI is InChI=1S/C16H22N2O3/c1-17(14-5-3-2-4-6-14)15(19)12-18-10-9-13(11-18)7-8-16(20)21/h2-6,13H,7-12H2,1H3,(H,20,21). The number of likely N-dealkylation sites (N-methyl/N-ethyl adjacent to an activating group) is 1. The van der Waals surface area contributed by atoms with Crippen molar-refractivity contribution in [2.45, 2.75) is 19.3 Å². The smallest absolute Gasteiger partial charge is 0.303 e. The van der Waals surface area contributed by atoms with Gasteiger partial charge < -0.3 is 10.0 Å². The minimum absolute atomic E-state index is 0.0695. The fourth-order valence-corrected chi connectivity index (χ4v) is 2.71. The topological polar surface area (TPSA) is 60.9 Å². The summed E-state index contributed by atoms with van der Waals surface area (Å²) in [5.74, 6) is -0.274. The van der Waals surface area contributed by atoms with Gasteiger partial charge in [0.15, 0.2) is 0 Å². The molecule has 1 aliphatic rings. The van der Waals surface area contributed by atoms with Crippen LogP contribution in [0.1, 0.15) is 19.3 Å². The highest BCUT2D eigenvalue weighted by Gasteiger charge is 2.25. The molecule has 0 aliphatic carbocycles. The second-order valence-electron chi connectivity index (χ2n) is 5.61. The van der Waals surface area contributed by atoms with E-state index >= 15 is 0 Å². The number of hydrogen-bond donors (Lipinski definition) is 1. The lowest BCUT2D eigenvalue weighted by Gasteiger charge is -2.21. The average molecular weight is 290 g/mol. The maximum atomic E-state index is 12.3. The highest BCUT2D eigenvalue weighted by atomic mass is 16.4. The Kier molecular flexibility index (Phi) is 5.33. The molecule has 114 valence electrons. The first-order valence-corrected chi connectivity index (χ1v) is 7.32. The molecular formula is C16H22N2O3. The number of nitrogens with zero attached hydrogens (tertiary/aromatic N) is 2. The van der Waals surface area contributed by atoms with Gasteiger partial charge in [-0.2, -0.15) is 0 Å². The van der Waals surface area contributed by atoms with Gasteiger partial charge in [0.1, 0.15) is 0 Å². The van der Waals surface area contributed by atoms with Gasteiger partial charge in [-0.15, -0.1) is 0 Å². The first-order valence-electron chi connectivity index (χ1n) is 7.32. The quantitative estimate of drug-likeness (QED) is 0.868. The summed E-state index contributed by atoms with van der Waals surface area (Å²) in [5, 5.41) is 8.71. The monoisotopic (exact) mass is 290 g/mol. The Morgan fingerprint density at radius 3 is 2.71 bits per heavy atom. The molecule has 5 heteroatoms. The minimum Gasteiger partial charge on any atom is -0.481 e. The van der Waals surface area contributed by atoms with E-state index in [1.807, 2.05) is 30.3 Å². The van der Waals surface area contributed by atoms with Gasteiger partial charge in [-0.25, -0.2) is 0 Å². The molecule has 0 aromatic heterocycles. The molecule has 0 spiro atoms. The van der Waals surface area contributed by atoms with E-state index in [-0.39, 0.29) is 12.3 Å². The molecule has 1 saturated heterocycles. The van der Waals surface area contributed by atoms with Crippen LogP contribution in [0.3, 0.4) is 0 Å². The Morgan fingerprint density at radius 1 is 1.33 bits per heavy atom. The van der Waals surface area contributed by atoms with Gasteiger partial charge in [-0.05, 0) is 37.4 Å². The van der Waals surface area contributed by atoms with Crippen molar-refractivity contribution in [1.82, 2.24) is 4.90 Å². The number of aliphatic carboxylic acids is 1. The van der Waals surface area contributed by atoms with E-state index in [0.717, 1.165) is 25.2 Å². The predicted molar refractivity (Wildman–Crippen MR) is 81.3 cm³/mol. The molecule has 1 aliphatic heterocycles. The zero-order valence-electron chi connectivity index (χ0n) is 12.4. The third-order valence-electron chi connectivity index (χ3n) is 4.01. The molecular weight excluding hydrogens is 268 g/mol. The number of hydrogen-bond acceptors (Lipinski definition) is 3. The number of likely N-dealkylation sites (tertiary alicyclic amines) is 1. The molecule has 0 radical (unpaired) electrons. The van der Waals surface area contributed by atoms with Crippen LogP contribution in [-0.2, 0) is 9.59 Å². The molecule has 1 fully saturated rings. The molecule has 1 N–H and O–H groups in total. The fourth-order valence-electron chi connectivity index (χ4n) is 2.71. The first kappa shape index (κ1) is 15.5. The lowest BCUT2D eigenvalue weighted by Crippen LogP contribution is -2.37. The summed E-state index contributed by atoms with van der Waals surface area (Å²) in [4.78, 5) is 26.6. The Balaban J connectivity index is 1.80. The Hall–Kier alpha value is -1.88. The van der Waals surface area contributed by atoms with Gasteiger partial charge in [0, 0.05) is 25.7 Å². The maximum Gasteiger partial charge on any atom is 0.303 e. The zero-order valence-corrected chi connectivity index (χ0v) is 12.4. The van der Waals surface area contributed by atoms with Crippen LogP contribution >= 0.6 is 0 Å². The second kappa shape index (κ2) is 7.22. The van der Waals surface area contributed by atoms with Crippen LogP contribution < -0.4 is 4.90 Å². The van der Waals surface area contributed by atoms with Crippen LogP contribution in [0.15, 0.2) is 30.3 Å². The molecule has 1 aromatic rings. The minimum atomic E-state index is -0.742. The molecule has 1 heterocycles. The Bertz CT molecular complexity index is 490. The van der Waals surface area contributed by atoms with Gasteiger partial charge in [0.2, 0.25) is 5.91 Å². The van der Waals surface area contributed by atoms with E-state index < -0.39 is 5.97 Å². The molecule has 0 saturated carbocycles. The Morgan fingerprint density at radius 2 is 2.05 bits per heavy atom. The van der Waals surface area contributed by atoms with Gasteiger partial charge >= 0.3 is 5.97 Å². The summed E-state index contributed by atoms with van der Waals surface area (Å²) in [7, 11) is 1.79. The van der Waals surface area contributed by atoms with Crippen molar-refractivity contribution in [3.63, 3.8) is 0 Å². The van der Waals surface area contributed by atoms with Crippen molar-refractivity contribution >= 4 is 17.6 Å². The van der Waals surface area contributed by atoms with Crippen molar-refractivity contribution in [1.29, 1.82) is 0 Å². The average Bonchev–Trinajstić information content (AvgIpc) is 2.92. The van der Waals surface area contributed by atoms with Crippen molar-refractivity contribution in [2.24, 2.45) is 5.92 Å². The summed E-state index contributed by atoms with van der Waals surface area (Å²) >= 11 is 0. The van der Waals surface area contributed by atoms with E-state index in [0.29, 0.717) is 18.9 Å². The van der Waals surface area contributed by atoms with E-state index in [4.69, 9.17) is 5.11 Å². The fraction of sp³-hybridized carbons (Fsp3) is 0.500. The van der Waals surface area contributed by atoms with Crippen molar-refractivity contribution in [3.8, 4) is 0 Å². The number of benzene rings is 1. The van der Waals surface area contributed by atoms with E-state index in [1.165, 1.54) is 0 Å². The molecule has 2 rings (SSSR count). The van der Waals surface area contributed by atoms with Crippen LogP contribution in [0.5, 0.6) is 0 Å². The summed E-state index contributed by atoms with van der Waals surface area (Å²) in [6, 6.07) is 9.58. The summed E-state index contributed by atoms with van der Waals surface area (Å²) in [5.41, 5.74) is 0.893. The lowest BCUT2D eigenvalue weighted by atomic mass is 10.0. The highest BCUT2D eigenvalue weighted by Crippen LogP contribution is 2.21. The van der Waals surface area contributed by atoms with E-state index in [1.54, 1.807) is 11.9 Å². The van der Waals surface area contributed by atoms with Crippen LogP contribution in [-0.4, -0.2) is 48.6 Å².